The lowest BCUT2D eigenvalue weighted by atomic mass is 10.1. The van der Waals surface area contributed by atoms with Gasteiger partial charge in [0.2, 0.25) is 0 Å². The molecule has 5 aromatic rings. The Labute approximate surface area is 319 Å². The van der Waals surface area contributed by atoms with E-state index in [2.05, 4.69) is 34.9 Å². The summed E-state index contributed by atoms with van der Waals surface area (Å²) in [4.78, 5) is 17.8. The molecule has 0 amide bonds. The molecule has 5 rings (SSSR count). The molecule has 0 bridgehead atoms. The zero-order chi connectivity index (χ0) is 38.6. The van der Waals surface area contributed by atoms with Crippen LogP contribution in [0.3, 0.4) is 0 Å². The molecule has 1 aromatic heterocycles. The maximum Gasteiger partial charge on any atom is 0.341 e. The number of rotatable bonds is 18. The number of nitrogen functional groups attached to an aromatic ring is 1. The summed E-state index contributed by atoms with van der Waals surface area (Å²) in [7, 11) is 1.45. The number of aromatic nitrogens is 1. The minimum absolute atomic E-state index is 0.0442. The fourth-order valence-corrected chi connectivity index (χ4v) is 6.34. The number of carboxylic acid groups (broad SMARTS) is 1. The van der Waals surface area contributed by atoms with Crippen LogP contribution >= 0.6 is 36.1 Å². The average Bonchev–Trinajstić information content (AvgIpc) is 3.16. The lowest BCUT2D eigenvalue weighted by Gasteiger charge is -2.12. The van der Waals surface area contributed by atoms with Gasteiger partial charge in [-0.1, -0.05) is 16.1 Å². The number of aromatic hydroxyl groups is 1. The Morgan fingerprint density at radius 3 is 2.28 bits per heavy atom. The zero-order valence-electron chi connectivity index (χ0n) is 28.4. The van der Waals surface area contributed by atoms with Gasteiger partial charge in [0.25, 0.3) is 0 Å². The number of nitrogens with zero attached hydrogens (tertiary/aromatic N) is 5. The molecular weight excluding hydrogens is 769 g/mol. The molecule has 18 nitrogen and oxygen atoms in total. The summed E-state index contributed by atoms with van der Waals surface area (Å²) in [5, 5.41) is 63.6. The van der Waals surface area contributed by atoms with Gasteiger partial charge in [-0.2, -0.15) is 4.33 Å². The lowest BCUT2D eigenvalue weighted by molar-refractivity contribution is -0.700. The van der Waals surface area contributed by atoms with Crippen LogP contribution in [0.15, 0.2) is 108 Å². The first kappa shape index (κ1) is 40.3. The Morgan fingerprint density at radius 1 is 0.815 bits per heavy atom. The maximum absolute atomic E-state index is 11.5. The molecular formula is C33H31N6O12S3+. The maximum atomic E-state index is 11.5. The van der Waals surface area contributed by atoms with E-state index >= 15 is 0 Å². The van der Waals surface area contributed by atoms with E-state index in [0.29, 0.717) is 50.9 Å². The number of pyridine rings is 1. The summed E-state index contributed by atoms with van der Waals surface area (Å²) < 4.78 is 21.8. The van der Waals surface area contributed by atoms with Crippen molar-refractivity contribution in [1.82, 2.24) is 0 Å². The van der Waals surface area contributed by atoms with Crippen LogP contribution in [0.2, 0.25) is 0 Å². The molecule has 0 saturated heterocycles. The van der Waals surface area contributed by atoms with Crippen molar-refractivity contribution >= 4 is 81.3 Å². The monoisotopic (exact) mass is 799 g/mol. The Bertz CT molecular complexity index is 2190. The van der Waals surface area contributed by atoms with Gasteiger partial charge in [0.05, 0.1) is 58.7 Å². The number of azo groups is 2. The molecule has 0 unspecified atom stereocenters. The molecule has 6 N–H and O–H groups in total. The number of phenols is 1. The standard InChI is InChI=1S/C33H30N6O12S3/c1-18-6-9-24(28(13-18)53-50-47-43)35-37-30-22-15-29(54-51-48-44)31(32(40)21(22)7-8-23(30)34)38-36-25-14-19(2)27(16-26(25)45-3)52-49-46-12-11-39-10-4-5-20(17-39)33(41)42/h4-10,13-17H,11-12H2,1-3H3,(H5-,34,35,36,40,41,42,43,44)/p+1. The number of benzene rings is 4. The molecule has 4 aromatic carbocycles. The second kappa shape index (κ2) is 19.4. The molecule has 0 aliphatic heterocycles. The molecule has 282 valence electrons. The summed E-state index contributed by atoms with van der Waals surface area (Å²) in [5.41, 5.74) is 9.11. The van der Waals surface area contributed by atoms with Gasteiger partial charge in [-0.15, -0.1) is 29.1 Å². The van der Waals surface area contributed by atoms with Crippen LogP contribution in [-0.4, -0.2) is 40.4 Å². The summed E-state index contributed by atoms with van der Waals surface area (Å²) >= 11 is 2.20. The van der Waals surface area contributed by atoms with Gasteiger partial charge in [-0.25, -0.2) is 24.8 Å². The van der Waals surface area contributed by atoms with Crippen LogP contribution in [-0.2, 0) is 34.5 Å². The number of anilines is 1. The highest BCUT2D eigenvalue weighted by Crippen LogP contribution is 2.48. The van der Waals surface area contributed by atoms with Gasteiger partial charge in [0.15, 0.2) is 24.7 Å². The number of aryl methyl sites for hydroxylation is 2. The molecule has 0 radical (unpaired) electrons. The van der Waals surface area contributed by atoms with Crippen molar-refractivity contribution in [2.75, 3.05) is 19.5 Å². The van der Waals surface area contributed by atoms with Crippen molar-refractivity contribution in [2.24, 2.45) is 20.5 Å². The number of methoxy groups -OCH3 is 1. The van der Waals surface area contributed by atoms with Gasteiger partial charge < -0.3 is 20.7 Å². The Hall–Kier alpha value is -4.91. The van der Waals surface area contributed by atoms with Gasteiger partial charge in [0, 0.05) is 21.7 Å². The van der Waals surface area contributed by atoms with E-state index < -0.39 is 5.97 Å². The third-order valence-electron chi connectivity index (χ3n) is 7.36. The Morgan fingerprint density at radius 2 is 1.54 bits per heavy atom. The molecule has 0 atom stereocenters. The number of nitrogens with two attached hydrogens (primary N) is 1. The molecule has 0 saturated carbocycles. The number of hydrogen-bond donors (Lipinski definition) is 5. The summed E-state index contributed by atoms with van der Waals surface area (Å²) in [6, 6.07) is 16.4. The third kappa shape index (κ3) is 10.2. The number of hydrogen-bond acceptors (Lipinski definition) is 19. The fourth-order valence-electron chi connectivity index (χ4n) is 4.79. The van der Waals surface area contributed by atoms with Crippen LogP contribution in [0.1, 0.15) is 21.5 Å². The Balaban J connectivity index is 1.39. The number of phenolic OH excluding ortho intramolecular Hbond substituents is 1. The number of carboxylic acids is 1. The van der Waals surface area contributed by atoms with Crippen LogP contribution in [0.5, 0.6) is 11.5 Å². The van der Waals surface area contributed by atoms with Crippen molar-refractivity contribution < 1.29 is 62.8 Å². The van der Waals surface area contributed by atoms with Crippen molar-refractivity contribution in [3.8, 4) is 11.5 Å². The minimum atomic E-state index is -1.03. The van der Waals surface area contributed by atoms with Crippen molar-refractivity contribution in [1.29, 1.82) is 0 Å². The van der Waals surface area contributed by atoms with E-state index in [1.165, 1.54) is 25.4 Å². The largest absolute Gasteiger partial charge is 0.505 e. The van der Waals surface area contributed by atoms with Crippen molar-refractivity contribution in [3.05, 3.63) is 89.7 Å². The molecule has 21 heteroatoms. The van der Waals surface area contributed by atoms with Gasteiger partial charge in [-0.05, 0) is 73.5 Å². The SMILES string of the molecule is COc1cc(SOOCC[n+]2cccc(C(=O)O)c2)c(C)cc1N=Nc1c(SOOO)cc2c(N=Nc3ccc(C)cc3SOOO)c(N)ccc2c1O. The highest BCUT2D eigenvalue weighted by molar-refractivity contribution is 7.95. The quantitative estimate of drug-likeness (QED) is 0.0106. The van der Waals surface area contributed by atoms with Crippen LogP contribution < -0.4 is 15.0 Å². The molecule has 0 aliphatic carbocycles. The summed E-state index contributed by atoms with van der Waals surface area (Å²) in [6.45, 7) is 4.16. The lowest BCUT2D eigenvalue weighted by Crippen LogP contribution is -2.36. The highest BCUT2D eigenvalue weighted by Gasteiger charge is 2.20. The van der Waals surface area contributed by atoms with E-state index in [0.717, 1.165) is 35.2 Å². The van der Waals surface area contributed by atoms with E-state index in [4.69, 9.17) is 39.6 Å². The van der Waals surface area contributed by atoms with Gasteiger partial charge in [0.1, 0.15) is 40.7 Å². The predicted molar refractivity (Wildman–Crippen MR) is 195 cm³/mol. The van der Waals surface area contributed by atoms with Gasteiger partial charge >= 0.3 is 5.97 Å². The second-order valence-electron chi connectivity index (χ2n) is 10.9. The smallest absolute Gasteiger partial charge is 0.341 e. The van der Waals surface area contributed by atoms with E-state index in [1.807, 2.05) is 13.8 Å². The third-order valence-corrected chi connectivity index (χ3v) is 9.40. The normalized spacial score (nSPS) is 11.6. The molecule has 0 aliphatic rings. The topological polar surface area (TPSA) is 242 Å². The first-order valence-electron chi connectivity index (χ1n) is 15.3. The van der Waals surface area contributed by atoms with E-state index in [-0.39, 0.29) is 45.3 Å². The second-order valence-corrected chi connectivity index (χ2v) is 13.1. The number of ether oxygens (including phenoxy) is 1. The number of aromatic carboxylic acids is 1. The van der Waals surface area contributed by atoms with Crippen LogP contribution in [0.25, 0.3) is 10.8 Å². The van der Waals surface area contributed by atoms with E-state index in [1.54, 1.807) is 59.3 Å². The van der Waals surface area contributed by atoms with Crippen molar-refractivity contribution in [2.45, 2.75) is 35.1 Å². The highest BCUT2D eigenvalue weighted by atomic mass is 32.2. The Kier molecular flexibility index (Phi) is 14.5. The molecule has 1 heterocycles. The number of carbonyl (C=O) groups is 1. The summed E-state index contributed by atoms with van der Waals surface area (Å²) in [6.07, 6.45) is 3.21. The molecule has 0 spiro atoms. The molecule has 0 fully saturated rings. The summed E-state index contributed by atoms with van der Waals surface area (Å²) in [5.74, 6) is -1.03. The van der Waals surface area contributed by atoms with Gasteiger partial charge in [-0.3, -0.25) is 0 Å². The number of fused-ring (bicyclic) bond motifs is 1. The van der Waals surface area contributed by atoms with E-state index in [9.17, 15) is 9.90 Å². The zero-order valence-corrected chi connectivity index (χ0v) is 30.9. The predicted octanol–water partition coefficient (Wildman–Crippen LogP) is 9.08. The first-order chi connectivity index (χ1) is 26.1. The minimum Gasteiger partial charge on any atom is -0.505 e. The van der Waals surface area contributed by atoms with Crippen LogP contribution in [0.4, 0.5) is 28.4 Å². The molecule has 54 heavy (non-hydrogen) atoms. The first-order valence-corrected chi connectivity index (χ1v) is 17.5. The van der Waals surface area contributed by atoms with Crippen LogP contribution in [0, 0.1) is 13.8 Å². The average molecular weight is 800 g/mol. The van der Waals surface area contributed by atoms with Crippen molar-refractivity contribution in [3.63, 3.8) is 0 Å². The fraction of sp³-hybridized carbons (Fsp3) is 0.152.